The Morgan fingerprint density at radius 3 is 2.62 bits per heavy atom. The quantitative estimate of drug-likeness (QED) is 0.786. The molecule has 3 rings (SSSR count). The summed E-state index contributed by atoms with van der Waals surface area (Å²) in [5, 5.41) is 0.409. The highest BCUT2D eigenvalue weighted by Crippen LogP contribution is 2.27. The van der Waals surface area contributed by atoms with Crippen LogP contribution in [-0.2, 0) is 0 Å². The van der Waals surface area contributed by atoms with Crippen LogP contribution in [0.3, 0.4) is 0 Å². The van der Waals surface area contributed by atoms with Crippen molar-refractivity contribution in [1.29, 1.82) is 0 Å². The van der Waals surface area contributed by atoms with Gasteiger partial charge in [-0.2, -0.15) is 0 Å². The zero-order chi connectivity index (χ0) is 14.8. The molecule has 0 N–H and O–H groups in total. The summed E-state index contributed by atoms with van der Waals surface area (Å²) in [6.07, 6.45) is 5.76. The Morgan fingerprint density at radius 2 is 1.95 bits per heavy atom. The molecule has 1 amide bonds. The van der Waals surface area contributed by atoms with Crippen LogP contribution in [0.25, 0.3) is 0 Å². The number of amides is 1. The zero-order valence-electron chi connectivity index (χ0n) is 12.5. The van der Waals surface area contributed by atoms with Gasteiger partial charge in [0, 0.05) is 31.2 Å². The molecule has 2 aliphatic rings. The van der Waals surface area contributed by atoms with Crippen molar-refractivity contribution >= 4 is 23.3 Å². The molecule has 1 aromatic rings. The molecule has 0 radical (unpaired) electrons. The summed E-state index contributed by atoms with van der Waals surface area (Å²) in [5.74, 6) is 0.931. The summed E-state index contributed by atoms with van der Waals surface area (Å²) >= 11 is 6.15. The summed E-state index contributed by atoms with van der Waals surface area (Å²) in [4.78, 5) is 21.2. The molecule has 0 spiro atoms. The number of piperidine rings is 1. The van der Waals surface area contributed by atoms with Crippen LogP contribution >= 0.6 is 11.6 Å². The molecule has 114 valence electrons. The van der Waals surface area contributed by atoms with Gasteiger partial charge in [0.1, 0.15) is 11.0 Å². The number of carbonyl (C=O) groups is 1. The van der Waals surface area contributed by atoms with E-state index in [1.54, 1.807) is 6.07 Å². The number of hydrogen-bond acceptors (Lipinski definition) is 3. The maximum absolute atomic E-state index is 12.6. The Kier molecular flexibility index (Phi) is 4.34. The minimum Gasteiger partial charge on any atom is -0.354 e. The number of carbonyl (C=O) groups excluding carboxylic acids is 1. The first-order valence-corrected chi connectivity index (χ1v) is 8.26. The summed E-state index contributed by atoms with van der Waals surface area (Å²) in [6.45, 7) is 4.90. The van der Waals surface area contributed by atoms with Gasteiger partial charge in [0.25, 0.3) is 5.91 Å². The van der Waals surface area contributed by atoms with Crippen molar-refractivity contribution in [2.75, 3.05) is 24.5 Å². The smallest absolute Gasteiger partial charge is 0.254 e. The van der Waals surface area contributed by atoms with Crippen molar-refractivity contribution in [3.63, 3.8) is 0 Å². The van der Waals surface area contributed by atoms with E-state index >= 15 is 0 Å². The van der Waals surface area contributed by atoms with Crippen LogP contribution in [0.5, 0.6) is 0 Å². The molecule has 1 unspecified atom stereocenters. The normalized spacial score (nSPS) is 22.7. The number of pyridine rings is 1. The number of likely N-dealkylation sites (tertiary alicyclic amines) is 1. The largest absolute Gasteiger partial charge is 0.354 e. The van der Waals surface area contributed by atoms with Crippen molar-refractivity contribution in [2.45, 2.75) is 45.1 Å². The number of nitrogens with zero attached hydrogens (tertiary/aromatic N) is 3. The number of hydrogen-bond donors (Lipinski definition) is 0. The average molecular weight is 308 g/mol. The average Bonchev–Trinajstić information content (AvgIpc) is 2.93. The Morgan fingerprint density at radius 1 is 1.19 bits per heavy atom. The molecule has 0 aromatic carbocycles. The van der Waals surface area contributed by atoms with E-state index in [1.807, 2.05) is 11.0 Å². The van der Waals surface area contributed by atoms with Crippen LogP contribution in [-0.4, -0.2) is 41.5 Å². The van der Waals surface area contributed by atoms with E-state index in [9.17, 15) is 4.79 Å². The highest BCUT2D eigenvalue weighted by Gasteiger charge is 2.24. The summed E-state index contributed by atoms with van der Waals surface area (Å²) in [6, 6.07) is 4.07. The second-order valence-corrected chi connectivity index (χ2v) is 6.46. The molecule has 1 atom stereocenters. The minimum atomic E-state index is 0.0899. The summed E-state index contributed by atoms with van der Waals surface area (Å²) < 4.78 is 0. The lowest BCUT2D eigenvalue weighted by Crippen LogP contribution is -2.36. The second-order valence-electron chi connectivity index (χ2n) is 6.07. The zero-order valence-corrected chi connectivity index (χ0v) is 13.3. The van der Waals surface area contributed by atoms with Gasteiger partial charge in [-0.15, -0.1) is 0 Å². The van der Waals surface area contributed by atoms with Crippen LogP contribution in [0, 0.1) is 0 Å². The van der Waals surface area contributed by atoms with Crippen molar-refractivity contribution in [3.05, 3.63) is 22.8 Å². The topological polar surface area (TPSA) is 36.4 Å². The maximum Gasteiger partial charge on any atom is 0.254 e. The van der Waals surface area contributed by atoms with Gasteiger partial charge in [0.2, 0.25) is 0 Å². The van der Waals surface area contributed by atoms with E-state index in [1.165, 1.54) is 19.3 Å². The van der Waals surface area contributed by atoms with Crippen LogP contribution in [0.4, 0.5) is 5.82 Å². The first-order chi connectivity index (χ1) is 10.1. The van der Waals surface area contributed by atoms with E-state index in [0.717, 1.165) is 38.3 Å². The molecule has 0 bridgehead atoms. The highest BCUT2D eigenvalue weighted by atomic mass is 35.5. The monoisotopic (exact) mass is 307 g/mol. The van der Waals surface area contributed by atoms with Crippen molar-refractivity contribution in [2.24, 2.45) is 0 Å². The lowest BCUT2D eigenvalue weighted by molar-refractivity contribution is 0.0724. The molecule has 2 fully saturated rings. The number of halogens is 1. The summed E-state index contributed by atoms with van der Waals surface area (Å²) in [7, 11) is 0. The van der Waals surface area contributed by atoms with E-state index in [-0.39, 0.29) is 5.91 Å². The lowest BCUT2D eigenvalue weighted by Gasteiger charge is -2.28. The number of rotatable bonds is 2. The van der Waals surface area contributed by atoms with Crippen molar-refractivity contribution in [1.82, 2.24) is 9.88 Å². The predicted molar refractivity (Wildman–Crippen MR) is 85.0 cm³/mol. The fourth-order valence-electron chi connectivity index (χ4n) is 3.31. The van der Waals surface area contributed by atoms with Crippen LogP contribution in [0.2, 0.25) is 5.15 Å². The van der Waals surface area contributed by atoms with Crippen LogP contribution in [0.15, 0.2) is 12.1 Å². The van der Waals surface area contributed by atoms with Crippen LogP contribution < -0.4 is 4.90 Å². The van der Waals surface area contributed by atoms with Crippen molar-refractivity contribution < 1.29 is 4.79 Å². The SMILES string of the molecule is CC1CCCN1c1cc(C(=O)N2CCCCC2)cc(Cl)n1. The van der Waals surface area contributed by atoms with E-state index < -0.39 is 0 Å². The first kappa shape index (κ1) is 14.6. The van der Waals surface area contributed by atoms with Crippen LogP contribution in [0.1, 0.15) is 49.4 Å². The molecular formula is C16H22ClN3O. The first-order valence-electron chi connectivity index (χ1n) is 7.88. The van der Waals surface area contributed by atoms with Gasteiger partial charge in [0.15, 0.2) is 0 Å². The fraction of sp³-hybridized carbons (Fsp3) is 0.625. The molecule has 3 heterocycles. The number of aromatic nitrogens is 1. The lowest BCUT2D eigenvalue weighted by atomic mass is 10.1. The molecule has 4 nitrogen and oxygen atoms in total. The number of anilines is 1. The van der Waals surface area contributed by atoms with Crippen molar-refractivity contribution in [3.8, 4) is 0 Å². The van der Waals surface area contributed by atoms with Gasteiger partial charge in [0.05, 0.1) is 0 Å². The highest BCUT2D eigenvalue weighted by molar-refractivity contribution is 6.29. The van der Waals surface area contributed by atoms with Gasteiger partial charge in [-0.1, -0.05) is 11.6 Å². The minimum absolute atomic E-state index is 0.0899. The maximum atomic E-state index is 12.6. The summed E-state index contributed by atoms with van der Waals surface area (Å²) in [5.41, 5.74) is 0.672. The Bertz CT molecular complexity index is 528. The van der Waals surface area contributed by atoms with Gasteiger partial charge >= 0.3 is 0 Å². The Hall–Kier alpha value is -1.29. The predicted octanol–water partition coefficient (Wildman–Crippen LogP) is 3.35. The van der Waals surface area contributed by atoms with E-state index in [2.05, 4.69) is 16.8 Å². The third-order valence-electron chi connectivity index (χ3n) is 4.52. The standard InChI is InChI=1S/C16H22ClN3O/c1-12-6-5-9-20(12)15-11-13(10-14(17)18-15)16(21)19-7-3-2-4-8-19/h10-12H,2-9H2,1H3. The van der Waals surface area contributed by atoms with Gasteiger partial charge in [-0.25, -0.2) is 4.98 Å². The molecular weight excluding hydrogens is 286 g/mol. The fourth-order valence-corrected chi connectivity index (χ4v) is 3.51. The molecule has 1 aromatic heterocycles. The van der Waals surface area contributed by atoms with Gasteiger partial charge in [-0.05, 0) is 51.2 Å². The van der Waals surface area contributed by atoms with E-state index in [0.29, 0.717) is 16.8 Å². The molecule has 5 heteroatoms. The third-order valence-corrected chi connectivity index (χ3v) is 4.71. The molecule has 0 saturated carbocycles. The Balaban J connectivity index is 1.85. The molecule has 21 heavy (non-hydrogen) atoms. The second kappa shape index (κ2) is 6.22. The van der Waals surface area contributed by atoms with E-state index in [4.69, 9.17) is 11.6 Å². The molecule has 0 aliphatic carbocycles. The third kappa shape index (κ3) is 3.15. The van der Waals surface area contributed by atoms with Gasteiger partial charge < -0.3 is 9.80 Å². The molecule has 2 saturated heterocycles. The Labute approximate surface area is 131 Å². The molecule has 2 aliphatic heterocycles. The van der Waals surface area contributed by atoms with Gasteiger partial charge in [-0.3, -0.25) is 4.79 Å².